The van der Waals surface area contributed by atoms with Gasteiger partial charge in [-0.15, -0.1) is 0 Å². The first-order chi connectivity index (χ1) is 8.94. The Labute approximate surface area is 122 Å². The first-order valence-electron chi connectivity index (χ1n) is 5.79. The molecule has 0 N–H and O–H groups in total. The van der Waals surface area contributed by atoms with E-state index in [0.717, 1.165) is 14.7 Å². The average Bonchev–Trinajstić information content (AvgIpc) is 2.77. The third kappa shape index (κ3) is 4.52. The van der Waals surface area contributed by atoms with Crippen molar-refractivity contribution in [3.63, 3.8) is 0 Å². The summed E-state index contributed by atoms with van der Waals surface area (Å²) in [6, 6.07) is 7.91. The van der Waals surface area contributed by atoms with E-state index >= 15 is 0 Å². The summed E-state index contributed by atoms with van der Waals surface area (Å²) in [5, 5.41) is 4.08. The molecule has 1 aromatic heterocycles. The molecule has 0 saturated heterocycles. The number of benzene rings is 1. The van der Waals surface area contributed by atoms with Crippen molar-refractivity contribution in [3.8, 4) is 11.1 Å². The van der Waals surface area contributed by atoms with E-state index in [-0.39, 0.29) is 13.0 Å². The number of rotatable bonds is 4. The largest absolute Gasteiger partial charge is 0.389 e. The number of hydrogen-bond acceptors (Lipinski definition) is 1. The molecule has 6 heteroatoms. The van der Waals surface area contributed by atoms with Gasteiger partial charge in [0.05, 0.1) is 6.20 Å². The predicted octanol–water partition coefficient (Wildman–Crippen LogP) is 4.50. The van der Waals surface area contributed by atoms with Crippen molar-refractivity contribution in [2.24, 2.45) is 0 Å². The van der Waals surface area contributed by atoms with Crippen LogP contribution in [0.15, 0.2) is 36.7 Å². The van der Waals surface area contributed by atoms with Gasteiger partial charge in [-0.05, 0) is 46.7 Å². The number of aromatic nitrogens is 2. The van der Waals surface area contributed by atoms with E-state index in [9.17, 15) is 13.2 Å². The van der Waals surface area contributed by atoms with Crippen molar-refractivity contribution in [1.82, 2.24) is 9.78 Å². The molecule has 0 aliphatic carbocycles. The van der Waals surface area contributed by atoms with E-state index in [1.807, 2.05) is 24.3 Å². The van der Waals surface area contributed by atoms with Crippen LogP contribution in [0.4, 0.5) is 13.2 Å². The standard InChI is InChI=1S/C13H12F3IN2/c14-13(15,16)6-1-7-19-9-11(8-18-19)10-2-4-12(17)5-3-10/h2-5,8-9H,1,6-7H2. The van der Waals surface area contributed by atoms with Crippen LogP contribution in [0, 0.1) is 3.57 Å². The molecule has 0 fully saturated rings. The highest BCUT2D eigenvalue weighted by Crippen LogP contribution is 2.23. The maximum Gasteiger partial charge on any atom is 0.389 e. The Bertz CT molecular complexity index is 532. The molecule has 0 unspecified atom stereocenters. The smallest absolute Gasteiger partial charge is 0.272 e. The fourth-order valence-electron chi connectivity index (χ4n) is 1.72. The second-order valence-corrected chi connectivity index (χ2v) is 5.46. The molecule has 0 aliphatic heterocycles. The molecule has 1 aromatic carbocycles. The molecular formula is C13H12F3IN2. The van der Waals surface area contributed by atoms with Gasteiger partial charge in [0, 0.05) is 28.3 Å². The second-order valence-electron chi connectivity index (χ2n) is 4.22. The predicted molar refractivity (Wildman–Crippen MR) is 75.7 cm³/mol. The molecule has 0 spiro atoms. The second kappa shape index (κ2) is 5.94. The van der Waals surface area contributed by atoms with Crippen LogP contribution in [-0.4, -0.2) is 16.0 Å². The van der Waals surface area contributed by atoms with Crippen molar-refractivity contribution in [2.75, 3.05) is 0 Å². The van der Waals surface area contributed by atoms with Gasteiger partial charge in [0.25, 0.3) is 0 Å². The SMILES string of the molecule is FC(F)(F)CCCn1cc(-c2ccc(I)cc2)cn1. The van der Waals surface area contributed by atoms with Gasteiger partial charge in [0.15, 0.2) is 0 Å². The molecule has 0 atom stereocenters. The molecule has 0 amide bonds. The van der Waals surface area contributed by atoms with E-state index < -0.39 is 12.6 Å². The van der Waals surface area contributed by atoms with Crippen molar-refractivity contribution >= 4 is 22.6 Å². The lowest BCUT2D eigenvalue weighted by Gasteiger charge is -2.05. The Kier molecular flexibility index (Phi) is 4.49. The fourth-order valence-corrected chi connectivity index (χ4v) is 2.08. The highest BCUT2D eigenvalue weighted by atomic mass is 127. The van der Waals surface area contributed by atoms with Crippen molar-refractivity contribution in [3.05, 3.63) is 40.2 Å². The van der Waals surface area contributed by atoms with Gasteiger partial charge in [-0.3, -0.25) is 4.68 Å². The normalized spacial score (nSPS) is 11.8. The Balaban J connectivity index is 1.97. The number of alkyl halides is 3. The number of halogens is 4. The molecule has 0 bridgehead atoms. The highest BCUT2D eigenvalue weighted by molar-refractivity contribution is 14.1. The monoisotopic (exact) mass is 380 g/mol. The summed E-state index contributed by atoms with van der Waals surface area (Å²) in [5.41, 5.74) is 1.94. The molecule has 2 aromatic rings. The van der Waals surface area contributed by atoms with Gasteiger partial charge in [-0.25, -0.2) is 0 Å². The van der Waals surface area contributed by atoms with Crippen LogP contribution in [0.3, 0.4) is 0 Å². The van der Waals surface area contributed by atoms with Crippen LogP contribution in [0.1, 0.15) is 12.8 Å². The zero-order chi connectivity index (χ0) is 13.9. The average molecular weight is 380 g/mol. The maximum absolute atomic E-state index is 12.0. The van der Waals surface area contributed by atoms with E-state index in [1.165, 1.54) is 0 Å². The summed E-state index contributed by atoms with van der Waals surface area (Å²) in [6.45, 7) is 0.282. The van der Waals surface area contributed by atoms with Gasteiger partial charge in [-0.1, -0.05) is 12.1 Å². The molecule has 0 aliphatic rings. The Morgan fingerprint density at radius 2 is 1.79 bits per heavy atom. The first-order valence-corrected chi connectivity index (χ1v) is 6.87. The summed E-state index contributed by atoms with van der Waals surface area (Å²) in [6.07, 6.45) is -1.36. The van der Waals surface area contributed by atoms with Crippen LogP contribution in [-0.2, 0) is 6.54 Å². The first kappa shape index (κ1) is 14.4. The minimum absolute atomic E-state index is 0.0529. The van der Waals surface area contributed by atoms with E-state index in [4.69, 9.17) is 0 Å². The molecule has 0 saturated carbocycles. The summed E-state index contributed by atoms with van der Waals surface area (Å²) >= 11 is 2.22. The third-order valence-corrected chi connectivity index (χ3v) is 3.38. The number of nitrogens with zero attached hydrogens (tertiary/aromatic N) is 2. The molecule has 102 valence electrons. The Morgan fingerprint density at radius 1 is 1.11 bits per heavy atom. The minimum Gasteiger partial charge on any atom is -0.272 e. The van der Waals surface area contributed by atoms with E-state index in [0.29, 0.717) is 0 Å². The quantitative estimate of drug-likeness (QED) is 0.715. The van der Waals surface area contributed by atoms with Gasteiger partial charge < -0.3 is 0 Å². The molecule has 19 heavy (non-hydrogen) atoms. The molecule has 0 radical (unpaired) electrons. The van der Waals surface area contributed by atoms with Crippen LogP contribution in [0.5, 0.6) is 0 Å². The van der Waals surface area contributed by atoms with Gasteiger partial charge in [-0.2, -0.15) is 18.3 Å². The summed E-state index contributed by atoms with van der Waals surface area (Å²) in [5.74, 6) is 0. The van der Waals surface area contributed by atoms with Crippen LogP contribution < -0.4 is 0 Å². The fraction of sp³-hybridized carbons (Fsp3) is 0.308. The summed E-state index contributed by atoms with van der Waals surface area (Å²) in [4.78, 5) is 0. The highest BCUT2D eigenvalue weighted by Gasteiger charge is 2.26. The maximum atomic E-state index is 12.0. The third-order valence-electron chi connectivity index (χ3n) is 2.66. The van der Waals surface area contributed by atoms with Crippen LogP contribution >= 0.6 is 22.6 Å². The summed E-state index contributed by atoms with van der Waals surface area (Å²) < 4.78 is 38.8. The lowest BCUT2D eigenvalue weighted by molar-refractivity contribution is -0.136. The van der Waals surface area contributed by atoms with E-state index in [2.05, 4.69) is 27.7 Å². The lowest BCUT2D eigenvalue weighted by atomic mass is 10.1. The van der Waals surface area contributed by atoms with Gasteiger partial charge in [0.1, 0.15) is 0 Å². The Hall–Kier alpha value is -1.05. The topological polar surface area (TPSA) is 17.8 Å². The zero-order valence-corrected chi connectivity index (χ0v) is 12.1. The van der Waals surface area contributed by atoms with Gasteiger partial charge >= 0.3 is 6.18 Å². The lowest BCUT2D eigenvalue weighted by Crippen LogP contribution is -2.09. The van der Waals surface area contributed by atoms with Crippen LogP contribution in [0.2, 0.25) is 0 Å². The Morgan fingerprint density at radius 3 is 2.42 bits per heavy atom. The molecule has 2 rings (SSSR count). The van der Waals surface area contributed by atoms with Crippen molar-refractivity contribution in [2.45, 2.75) is 25.6 Å². The van der Waals surface area contributed by atoms with Crippen molar-refractivity contribution in [1.29, 1.82) is 0 Å². The van der Waals surface area contributed by atoms with E-state index in [1.54, 1.807) is 17.1 Å². The molecule has 1 heterocycles. The molecule has 2 nitrogen and oxygen atoms in total. The van der Waals surface area contributed by atoms with Crippen LogP contribution in [0.25, 0.3) is 11.1 Å². The number of aryl methyl sites for hydroxylation is 1. The van der Waals surface area contributed by atoms with Gasteiger partial charge in [0.2, 0.25) is 0 Å². The number of hydrogen-bond donors (Lipinski definition) is 0. The minimum atomic E-state index is -4.09. The summed E-state index contributed by atoms with van der Waals surface area (Å²) in [7, 11) is 0. The van der Waals surface area contributed by atoms with Crippen molar-refractivity contribution < 1.29 is 13.2 Å². The zero-order valence-electron chi connectivity index (χ0n) is 9.99. The molecular weight excluding hydrogens is 368 g/mol.